The third-order valence-corrected chi connectivity index (χ3v) is 2.80. The van der Waals surface area contributed by atoms with Gasteiger partial charge in [0.15, 0.2) is 5.58 Å². The number of nitrogens with one attached hydrogen (secondary N) is 2. The standard InChI is InChI=1S/C11H11N5O2/c1-6-14-15-11(16(6)2)13-10(17)8-5-9-7(12-8)3-4-18-9/h3-5,12H,1-2H3,(H,13,15,17). The first-order valence-corrected chi connectivity index (χ1v) is 5.38. The first-order valence-electron chi connectivity index (χ1n) is 5.38. The summed E-state index contributed by atoms with van der Waals surface area (Å²) in [6, 6.07) is 3.41. The average Bonchev–Trinajstić information content (AvgIpc) is 2.98. The molecule has 0 saturated heterocycles. The molecule has 7 heteroatoms. The Balaban J connectivity index is 1.87. The van der Waals surface area contributed by atoms with Gasteiger partial charge >= 0.3 is 0 Å². The van der Waals surface area contributed by atoms with Gasteiger partial charge in [0.2, 0.25) is 5.95 Å². The molecule has 3 rings (SSSR count). The van der Waals surface area contributed by atoms with Gasteiger partial charge < -0.3 is 14.0 Å². The van der Waals surface area contributed by atoms with Gasteiger partial charge in [-0.15, -0.1) is 10.2 Å². The van der Waals surface area contributed by atoms with Gasteiger partial charge in [-0.05, 0) is 6.92 Å². The van der Waals surface area contributed by atoms with Crippen LogP contribution >= 0.6 is 0 Å². The maximum atomic E-state index is 12.0. The van der Waals surface area contributed by atoms with Gasteiger partial charge in [0.25, 0.3) is 5.91 Å². The number of anilines is 1. The normalized spacial score (nSPS) is 11.0. The van der Waals surface area contributed by atoms with Gasteiger partial charge in [0.05, 0.1) is 11.8 Å². The number of fused-ring (bicyclic) bond motifs is 1. The van der Waals surface area contributed by atoms with Crippen LogP contribution in [0.1, 0.15) is 16.3 Å². The van der Waals surface area contributed by atoms with E-state index in [9.17, 15) is 4.79 Å². The Morgan fingerprint density at radius 3 is 3.00 bits per heavy atom. The molecular weight excluding hydrogens is 234 g/mol. The topological polar surface area (TPSA) is 88.7 Å². The number of nitrogens with zero attached hydrogens (tertiary/aromatic N) is 3. The molecule has 7 nitrogen and oxygen atoms in total. The molecule has 0 radical (unpaired) electrons. The highest BCUT2D eigenvalue weighted by Gasteiger charge is 2.14. The second kappa shape index (κ2) is 3.73. The summed E-state index contributed by atoms with van der Waals surface area (Å²) in [7, 11) is 1.78. The van der Waals surface area contributed by atoms with Crippen molar-refractivity contribution in [2.24, 2.45) is 7.05 Å². The monoisotopic (exact) mass is 245 g/mol. The summed E-state index contributed by atoms with van der Waals surface area (Å²) in [6.07, 6.45) is 1.56. The molecule has 0 bridgehead atoms. The molecule has 18 heavy (non-hydrogen) atoms. The van der Waals surface area contributed by atoms with Gasteiger partial charge in [0, 0.05) is 19.2 Å². The first kappa shape index (κ1) is 10.6. The number of hydrogen-bond donors (Lipinski definition) is 2. The van der Waals surface area contributed by atoms with Crippen LogP contribution in [0.15, 0.2) is 22.8 Å². The third kappa shape index (κ3) is 1.56. The number of aromatic amines is 1. The molecule has 0 saturated carbocycles. The van der Waals surface area contributed by atoms with E-state index in [0.717, 1.165) is 11.3 Å². The van der Waals surface area contributed by atoms with Crippen molar-refractivity contribution in [2.45, 2.75) is 6.92 Å². The van der Waals surface area contributed by atoms with Crippen LogP contribution in [-0.2, 0) is 7.05 Å². The van der Waals surface area contributed by atoms with Crippen molar-refractivity contribution in [3.05, 3.63) is 29.9 Å². The van der Waals surface area contributed by atoms with Crippen LogP contribution in [0.4, 0.5) is 5.95 Å². The number of H-pyrrole nitrogens is 1. The van der Waals surface area contributed by atoms with E-state index in [1.54, 1.807) is 30.0 Å². The molecule has 0 unspecified atom stereocenters. The maximum Gasteiger partial charge on any atom is 0.274 e. The van der Waals surface area contributed by atoms with Gasteiger partial charge in [0.1, 0.15) is 11.5 Å². The van der Waals surface area contributed by atoms with E-state index in [1.165, 1.54) is 0 Å². The molecule has 3 aromatic heterocycles. The Kier molecular flexibility index (Phi) is 2.19. The maximum absolute atomic E-state index is 12.0. The Labute approximate surface area is 102 Å². The first-order chi connectivity index (χ1) is 8.65. The zero-order valence-electron chi connectivity index (χ0n) is 9.89. The lowest BCUT2D eigenvalue weighted by molar-refractivity contribution is 0.102. The molecule has 0 spiro atoms. The fourth-order valence-electron chi connectivity index (χ4n) is 1.66. The van der Waals surface area contributed by atoms with Crippen LogP contribution < -0.4 is 5.32 Å². The quantitative estimate of drug-likeness (QED) is 0.715. The van der Waals surface area contributed by atoms with Crippen molar-refractivity contribution in [2.75, 3.05) is 5.32 Å². The molecule has 1 amide bonds. The largest absolute Gasteiger partial charge is 0.463 e. The highest BCUT2D eigenvalue weighted by molar-refractivity contribution is 6.04. The van der Waals surface area contributed by atoms with E-state index in [-0.39, 0.29) is 5.91 Å². The van der Waals surface area contributed by atoms with Gasteiger partial charge in [-0.25, -0.2) is 0 Å². The fourth-order valence-corrected chi connectivity index (χ4v) is 1.66. The summed E-state index contributed by atoms with van der Waals surface area (Å²) in [4.78, 5) is 14.9. The average molecular weight is 245 g/mol. The lowest BCUT2D eigenvalue weighted by atomic mass is 10.4. The molecule has 2 N–H and O–H groups in total. The molecule has 3 aromatic rings. The smallest absolute Gasteiger partial charge is 0.274 e. The van der Waals surface area contributed by atoms with Crippen molar-refractivity contribution in [3.8, 4) is 0 Å². The minimum absolute atomic E-state index is 0.281. The molecule has 3 heterocycles. The van der Waals surface area contributed by atoms with Crippen LogP contribution in [0.3, 0.4) is 0 Å². The van der Waals surface area contributed by atoms with Crippen LogP contribution in [-0.4, -0.2) is 25.7 Å². The molecule has 0 fully saturated rings. The van der Waals surface area contributed by atoms with E-state index in [4.69, 9.17) is 4.42 Å². The van der Waals surface area contributed by atoms with Crippen LogP contribution in [0.5, 0.6) is 0 Å². The predicted molar refractivity (Wildman–Crippen MR) is 64.3 cm³/mol. The molecule has 92 valence electrons. The third-order valence-electron chi connectivity index (χ3n) is 2.80. The van der Waals surface area contributed by atoms with E-state index in [0.29, 0.717) is 17.2 Å². The number of amides is 1. The Morgan fingerprint density at radius 1 is 1.50 bits per heavy atom. The SMILES string of the molecule is Cc1nnc(NC(=O)c2cc3occc3[nH]2)n1C. The summed E-state index contributed by atoms with van der Waals surface area (Å²) in [6.45, 7) is 1.81. The van der Waals surface area contributed by atoms with Gasteiger partial charge in [-0.1, -0.05) is 0 Å². The zero-order chi connectivity index (χ0) is 12.7. The number of aryl methyl sites for hydroxylation is 1. The van der Waals surface area contributed by atoms with E-state index in [1.807, 2.05) is 6.92 Å². The number of rotatable bonds is 2. The minimum Gasteiger partial charge on any atom is -0.463 e. The van der Waals surface area contributed by atoms with Crippen LogP contribution in [0, 0.1) is 6.92 Å². The lowest BCUT2D eigenvalue weighted by Crippen LogP contribution is -2.15. The number of aromatic nitrogens is 4. The molecule has 0 aromatic carbocycles. The number of carbonyl (C=O) groups excluding carboxylic acids is 1. The summed E-state index contributed by atoms with van der Waals surface area (Å²) in [5.41, 5.74) is 1.86. The van der Waals surface area contributed by atoms with Crippen molar-refractivity contribution in [1.29, 1.82) is 0 Å². The van der Waals surface area contributed by atoms with E-state index < -0.39 is 0 Å². The molecule has 0 atom stereocenters. The number of carbonyl (C=O) groups is 1. The molecule has 0 aliphatic carbocycles. The van der Waals surface area contributed by atoms with Crippen molar-refractivity contribution >= 4 is 23.0 Å². The summed E-state index contributed by atoms with van der Waals surface area (Å²) in [5, 5.41) is 10.4. The predicted octanol–water partition coefficient (Wildman–Crippen LogP) is 1.45. The van der Waals surface area contributed by atoms with Crippen molar-refractivity contribution in [1.82, 2.24) is 19.7 Å². The highest BCUT2D eigenvalue weighted by Crippen LogP contribution is 2.16. The fraction of sp³-hybridized carbons (Fsp3) is 0.182. The molecular formula is C11H11N5O2. The van der Waals surface area contributed by atoms with E-state index in [2.05, 4.69) is 20.5 Å². The molecule has 0 aliphatic rings. The van der Waals surface area contributed by atoms with Crippen molar-refractivity contribution in [3.63, 3.8) is 0 Å². The van der Waals surface area contributed by atoms with Crippen LogP contribution in [0.25, 0.3) is 11.1 Å². The van der Waals surface area contributed by atoms with Crippen molar-refractivity contribution < 1.29 is 9.21 Å². The summed E-state index contributed by atoms with van der Waals surface area (Å²) < 4.78 is 6.88. The summed E-state index contributed by atoms with van der Waals surface area (Å²) in [5.74, 6) is 0.853. The highest BCUT2D eigenvalue weighted by atomic mass is 16.3. The Morgan fingerprint density at radius 2 is 2.33 bits per heavy atom. The lowest BCUT2D eigenvalue weighted by Gasteiger charge is -2.02. The Hall–Kier alpha value is -2.57. The second-order valence-electron chi connectivity index (χ2n) is 3.97. The van der Waals surface area contributed by atoms with Gasteiger partial charge in [-0.3, -0.25) is 10.1 Å². The second-order valence-corrected chi connectivity index (χ2v) is 3.97. The number of furan rings is 1. The van der Waals surface area contributed by atoms with E-state index >= 15 is 0 Å². The van der Waals surface area contributed by atoms with Gasteiger partial charge in [-0.2, -0.15) is 0 Å². The zero-order valence-corrected chi connectivity index (χ0v) is 9.89. The summed E-state index contributed by atoms with van der Waals surface area (Å²) >= 11 is 0. The number of hydrogen-bond acceptors (Lipinski definition) is 4. The minimum atomic E-state index is -0.281. The Bertz CT molecular complexity index is 692. The molecule has 0 aliphatic heterocycles. The van der Waals surface area contributed by atoms with Crippen LogP contribution in [0.2, 0.25) is 0 Å².